The van der Waals surface area contributed by atoms with Gasteiger partial charge in [0.1, 0.15) is 0 Å². The Kier molecular flexibility index (Phi) is 8.47. The molecular formula is C52H36N4. The van der Waals surface area contributed by atoms with Gasteiger partial charge in [-0.25, -0.2) is 9.97 Å². The number of anilines is 3. The highest BCUT2D eigenvalue weighted by molar-refractivity contribution is 6.10. The van der Waals surface area contributed by atoms with E-state index in [1.807, 2.05) is 36.7 Å². The predicted octanol–water partition coefficient (Wildman–Crippen LogP) is 13.7. The summed E-state index contributed by atoms with van der Waals surface area (Å²) < 4.78 is 2.37. The highest BCUT2D eigenvalue weighted by Crippen LogP contribution is 2.38. The smallest absolute Gasteiger partial charge is 0.234 e. The SMILES string of the molecule is c1ccc(-c2ccc(N(c3ccc(-c4ccc5c(c4)c4ccccc4n5-c4ccc(-c5ccccc5)cc4)cc3)c3ncc(-c4ccccc4)cn3)cc2)cc1. The monoisotopic (exact) mass is 716 g/mol. The van der Waals surface area contributed by atoms with Crippen molar-refractivity contribution in [2.45, 2.75) is 0 Å². The Morgan fingerprint density at radius 1 is 0.321 bits per heavy atom. The number of hydrogen-bond acceptors (Lipinski definition) is 3. The molecule has 0 fully saturated rings. The van der Waals surface area contributed by atoms with Gasteiger partial charge in [0.2, 0.25) is 5.95 Å². The largest absolute Gasteiger partial charge is 0.309 e. The maximum atomic E-state index is 4.89. The summed E-state index contributed by atoms with van der Waals surface area (Å²) >= 11 is 0. The van der Waals surface area contributed by atoms with Crippen LogP contribution in [0.4, 0.5) is 17.3 Å². The lowest BCUT2D eigenvalue weighted by Crippen LogP contribution is -2.13. The predicted molar refractivity (Wildman–Crippen MR) is 233 cm³/mol. The zero-order valence-corrected chi connectivity index (χ0v) is 30.6. The molecule has 0 aliphatic heterocycles. The van der Waals surface area contributed by atoms with Crippen LogP contribution in [0.25, 0.3) is 72.0 Å². The van der Waals surface area contributed by atoms with Crippen molar-refractivity contribution in [1.29, 1.82) is 0 Å². The quantitative estimate of drug-likeness (QED) is 0.157. The molecule has 0 aliphatic carbocycles. The zero-order chi connectivity index (χ0) is 37.3. The fourth-order valence-corrected chi connectivity index (χ4v) is 7.70. The first-order valence-electron chi connectivity index (χ1n) is 18.9. The molecule has 8 aromatic carbocycles. The van der Waals surface area contributed by atoms with Crippen LogP contribution in [0.2, 0.25) is 0 Å². The Bertz CT molecular complexity index is 2820. The molecular weight excluding hydrogens is 681 g/mol. The first-order chi connectivity index (χ1) is 27.8. The molecule has 0 unspecified atom stereocenters. The van der Waals surface area contributed by atoms with Gasteiger partial charge < -0.3 is 4.57 Å². The number of fused-ring (bicyclic) bond motifs is 3. The Hall–Kier alpha value is -7.56. The minimum absolute atomic E-state index is 0.607. The standard InChI is InChI=1S/C52H36N4/c1-4-12-37(13-5-1)40-20-27-45(28-21-40)55(52-53-35-44(36-54-52)39-16-8-3-9-17-39)46-29-24-42(25-30-46)43-26-33-51-49(34-43)48-18-10-11-19-50(48)56(51)47-31-22-41(23-32-47)38-14-6-2-7-15-38/h1-36H. The average Bonchev–Trinajstić information content (AvgIpc) is 3.62. The van der Waals surface area contributed by atoms with Gasteiger partial charge in [-0.2, -0.15) is 0 Å². The summed E-state index contributed by atoms with van der Waals surface area (Å²) in [4.78, 5) is 11.9. The third-order valence-electron chi connectivity index (χ3n) is 10.5. The van der Waals surface area contributed by atoms with Gasteiger partial charge in [-0.1, -0.05) is 152 Å². The molecule has 0 spiro atoms. The van der Waals surface area contributed by atoms with Crippen LogP contribution in [-0.2, 0) is 0 Å². The lowest BCUT2D eigenvalue weighted by molar-refractivity contribution is 1.08. The summed E-state index contributed by atoms with van der Waals surface area (Å²) in [6, 6.07) is 72.9. The molecule has 0 aliphatic rings. The van der Waals surface area contributed by atoms with Crippen molar-refractivity contribution >= 4 is 39.1 Å². The van der Waals surface area contributed by atoms with E-state index >= 15 is 0 Å². The summed E-state index contributed by atoms with van der Waals surface area (Å²) in [5, 5.41) is 2.45. The lowest BCUT2D eigenvalue weighted by atomic mass is 10.0. The molecule has 0 N–H and O–H groups in total. The molecule has 0 amide bonds. The summed E-state index contributed by atoms with van der Waals surface area (Å²) in [6.45, 7) is 0. The number of rotatable bonds is 8. The van der Waals surface area contributed by atoms with Crippen molar-refractivity contribution in [1.82, 2.24) is 14.5 Å². The molecule has 0 saturated carbocycles. The van der Waals surface area contributed by atoms with E-state index in [4.69, 9.17) is 9.97 Å². The van der Waals surface area contributed by atoms with Gasteiger partial charge in [0.15, 0.2) is 0 Å². The van der Waals surface area contributed by atoms with Gasteiger partial charge in [-0.15, -0.1) is 0 Å². The van der Waals surface area contributed by atoms with Crippen molar-refractivity contribution in [3.8, 4) is 50.2 Å². The topological polar surface area (TPSA) is 34.0 Å². The first-order valence-corrected chi connectivity index (χ1v) is 18.9. The summed E-state index contributed by atoms with van der Waals surface area (Å²) in [5.41, 5.74) is 14.6. The second-order valence-corrected chi connectivity index (χ2v) is 13.9. The normalized spacial score (nSPS) is 11.2. The summed E-state index contributed by atoms with van der Waals surface area (Å²) in [5.74, 6) is 0.607. The van der Waals surface area contributed by atoms with Crippen LogP contribution in [0.15, 0.2) is 219 Å². The van der Waals surface area contributed by atoms with Crippen LogP contribution in [0.5, 0.6) is 0 Å². The van der Waals surface area contributed by atoms with Crippen molar-refractivity contribution in [3.63, 3.8) is 0 Å². The third-order valence-corrected chi connectivity index (χ3v) is 10.5. The van der Waals surface area contributed by atoms with Crippen LogP contribution in [0.1, 0.15) is 0 Å². The van der Waals surface area contributed by atoms with Gasteiger partial charge in [0.25, 0.3) is 0 Å². The Labute approximate surface area is 326 Å². The summed E-state index contributed by atoms with van der Waals surface area (Å²) in [7, 11) is 0. The van der Waals surface area contributed by atoms with E-state index in [0.29, 0.717) is 5.95 Å². The molecule has 4 nitrogen and oxygen atoms in total. The minimum Gasteiger partial charge on any atom is -0.309 e. The molecule has 56 heavy (non-hydrogen) atoms. The molecule has 10 aromatic rings. The van der Waals surface area contributed by atoms with Gasteiger partial charge in [-0.3, -0.25) is 4.90 Å². The molecule has 2 heterocycles. The van der Waals surface area contributed by atoms with Gasteiger partial charge in [0, 0.05) is 45.8 Å². The van der Waals surface area contributed by atoms with E-state index in [2.05, 4.69) is 191 Å². The van der Waals surface area contributed by atoms with E-state index in [0.717, 1.165) is 44.9 Å². The van der Waals surface area contributed by atoms with Gasteiger partial charge >= 0.3 is 0 Å². The van der Waals surface area contributed by atoms with E-state index in [1.54, 1.807) is 0 Å². The fourth-order valence-electron chi connectivity index (χ4n) is 7.70. The second kappa shape index (κ2) is 14.3. The molecule has 10 rings (SSSR count). The maximum Gasteiger partial charge on any atom is 0.234 e. The summed E-state index contributed by atoms with van der Waals surface area (Å²) in [6.07, 6.45) is 3.81. The average molecular weight is 717 g/mol. The van der Waals surface area contributed by atoms with Crippen molar-refractivity contribution in [2.75, 3.05) is 4.90 Å². The molecule has 0 saturated heterocycles. The maximum absolute atomic E-state index is 4.89. The Morgan fingerprint density at radius 2 is 0.732 bits per heavy atom. The number of para-hydroxylation sites is 1. The van der Waals surface area contributed by atoms with Crippen LogP contribution in [0, 0.1) is 0 Å². The van der Waals surface area contributed by atoms with Crippen LogP contribution in [0.3, 0.4) is 0 Å². The fraction of sp³-hybridized carbons (Fsp3) is 0. The van der Waals surface area contributed by atoms with Crippen LogP contribution >= 0.6 is 0 Å². The van der Waals surface area contributed by atoms with Crippen molar-refractivity contribution in [2.24, 2.45) is 0 Å². The Balaban J connectivity index is 1.01. The van der Waals surface area contributed by atoms with Gasteiger partial charge in [-0.05, 0) is 93.5 Å². The van der Waals surface area contributed by atoms with Crippen LogP contribution < -0.4 is 4.90 Å². The zero-order valence-electron chi connectivity index (χ0n) is 30.6. The first kappa shape index (κ1) is 33.0. The molecule has 0 radical (unpaired) electrons. The third kappa shape index (κ3) is 6.19. The highest BCUT2D eigenvalue weighted by atomic mass is 15.3. The molecule has 4 heteroatoms. The highest BCUT2D eigenvalue weighted by Gasteiger charge is 2.17. The minimum atomic E-state index is 0.607. The molecule has 0 bridgehead atoms. The van der Waals surface area contributed by atoms with E-state index in [-0.39, 0.29) is 0 Å². The second-order valence-electron chi connectivity index (χ2n) is 13.9. The number of nitrogens with zero attached hydrogens (tertiary/aromatic N) is 4. The molecule has 2 aromatic heterocycles. The molecule has 264 valence electrons. The van der Waals surface area contributed by atoms with E-state index < -0.39 is 0 Å². The van der Waals surface area contributed by atoms with E-state index in [1.165, 1.54) is 38.5 Å². The van der Waals surface area contributed by atoms with Crippen LogP contribution in [-0.4, -0.2) is 14.5 Å². The lowest BCUT2D eigenvalue weighted by Gasteiger charge is -2.24. The van der Waals surface area contributed by atoms with Gasteiger partial charge in [0.05, 0.1) is 11.0 Å². The van der Waals surface area contributed by atoms with Crippen molar-refractivity contribution in [3.05, 3.63) is 219 Å². The number of hydrogen-bond donors (Lipinski definition) is 0. The number of aromatic nitrogens is 3. The molecule has 0 atom stereocenters. The van der Waals surface area contributed by atoms with E-state index in [9.17, 15) is 0 Å². The number of benzene rings is 8. The van der Waals surface area contributed by atoms with Crippen molar-refractivity contribution < 1.29 is 0 Å². The Morgan fingerprint density at radius 3 is 1.29 bits per heavy atom.